The average molecular weight is 350 g/mol. The van der Waals surface area contributed by atoms with Gasteiger partial charge in [-0.15, -0.1) is 0 Å². The zero-order valence-corrected chi connectivity index (χ0v) is 14.4. The normalized spacial score (nSPS) is 10.6. The van der Waals surface area contributed by atoms with E-state index in [0.29, 0.717) is 29.4 Å². The molecule has 0 aliphatic rings. The molecule has 8 nitrogen and oxygen atoms in total. The largest absolute Gasteiger partial charge is 0.618 e. The van der Waals surface area contributed by atoms with Crippen LogP contribution in [0.4, 0.5) is 0 Å². The third-order valence-corrected chi connectivity index (χ3v) is 3.48. The minimum absolute atomic E-state index is 0.118. The van der Waals surface area contributed by atoms with Crippen LogP contribution in [0.3, 0.4) is 0 Å². The molecular weight excluding hydrogens is 328 g/mol. The minimum atomic E-state index is -1.25. The van der Waals surface area contributed by atoms with Gasteiger partial charge < -0.3 is 24.3 Å². The third-order valence-electron chi connectivity index (χ3n) is 3.48. The van der Waals surface area contributed by atoms with Gasteiger partial charge in [-0.3, -0.25) is 0 Å². The lowest BCUT2D eigenvalue weighted by molar-refractivity contribution is -0.594. The molecule has 0 saturated carbocycles. The van der Waals surface area contributed by atoms with Gasteiger partial charge in [0.25, 0.3) is 0 Å². The van der Waals surface area contributed by atoms with E-state index in [9.17, 15) is 10.0 Å². The van der Waals surface area contributed by atoms with Gasteiger partial charge >= 0.3 is 5.97 Å². The maximum Gasteiger partial charge on any atom is 0.374 e. The molecule has 25 heavy (non-hydrogen) atoms. The van der Waals surface area contributed by atoms with Gasteiger partial charge in [0, 0.05) is 6.07 Å². The van der Waals surface area contributed by atoms with Crippen LogP contribution in [0, 0.1) is 5.21 Å². The summed E-state index contributed by atoms with van der Waals surface area (Å²) in [5.74, 6) is -0.821. The van der Waals surface area contributed by atoms with Crippen LogP contribution in [0.1, 0.15) is 50.1 Å². The van der Waals surface area contributed by atoms with Gasteiger partial charge in [-0.25, -0.2) is 4.79 Å². The quantitative estimate of drug-likeness (QED) is 0.398. The number of nitrogens with zero attached hydrogens (tertiary/aromatic N) is 2. The molecular formula is C17H22N2O6. The number of hydrogen-bond acceptors (Lipinski definition) is 6. The number of hydrogen-bond donors (Lipinski definition) is 1. The van der Waals surface area contributed by atoms with Crippen molar-refractivity contribution in [2.24, 2.45) is 0 Å². The maximum atomic E-state index is 12.3. The molecule has 0 aromatic carbocycles. The molecule has 2 aromatic heterocycles. The molecule has 8 heteroatoms. The monoisotopic (exact) mass is 350 g/mol. The molecule has 2 heterocycles. The van der Waals surface area contributed by atoms with Crippen molar-refractivity contribution in [3.05, 3.63) is 29.3 Å². The van der Waals surface area contributed by atoms with Gasteiger partial charge in [-0.1, -0.05) is 31.8 Å². The molecule has 0 amide bonds. The Balaban J connectivity index is 2.32. The zero-order valence-electron chi connectivity index (χ0n) is 14.4. The van der Waals surface area contributed by atoms with Crippen molar-refractivity contribution in [1.82, 2.24) is 5.16 Å². The Morgan fingerprint density at radius 1 is 1.20 bits per heavy atom. The smallest absolute Gasteiger partial charge is 0.374 e. The molecule has 0 aliphatic carbocycles. The summed E-state index contributed by atoms with van der Waals surface area (Å²) < 4.78 is 16.6. The summed E-state index contributed by atoms with van der Waals surface area (Å²) in [6.45, 7) is 5.06. The van der Waals surface area contributed by atoms with Crippen molar-refractivity contribution in [3.63, 3.8) is 0 Å². The number of unbranched alkanes of at least 4 members (excludes halogenated alkanes) is 2. The van der Waals surface area contributed by atoms with Crippen LogP contribution in [0.15, 0.2) is 22.9 Å². The highest BCUT2D eigenvalue weighted by molar-refractivity contribution is 5.85. The van der Waals surface area contributed by atoms with E-state index in [2.05, 4.69) is 5.16 Å². The highest BCUT2D eigenvalue weighted by Crippen LogP contribution is 2.30. The number of rotatable bonds is 10. The number of pyridine rings is 1. The summed E-state index contributed by atoms with van der Waals surface area (Å²) in [4.78, 5) is 10.9. The summed E-state index contributed by atoms with van der Waals surface area (Å²) in [5.41, 5.74) is 0.249. The fraction of sp³-hybridized carbons (Fsp3) is 0.471. The first-order valence-electron chi connectivity index (χ1n) is 8.30. The molecule has 0 unspecified atom stereocenters. The SMILES string of the molecule is CCCCOc1cc(-c2cc(C(=O)O)on2)[n+]([O-])cc1OCCCC. The molecule has 0 aliphatic heterocycles. The Morgan fingerprint density at radius 3 is 2.40 bits per heavy atom. The first-order chi connectivity index (χ1) is 12.1. The molecule has 2 rings (SSSR count). The summed E-state index contributed by atoms with van der Waals surface area (Å²) in [5, 5.41) is 24.8. The highest BCUT2D eigenvalue weighted by atomic mass is 16.5. The number of carboxylic acids is 1. The van der Waals surface area contributed by atoms with Crippen molar-refractivity contribution in [2.45, 2.75) is 39.5 Å². The predicted octanol–water partition coefficient (Wildman–Crippen LogP) is 3.03. The van der Waals surface area contributed by atoms with E-state index >= 15 is 0 Å². The fourth-order valence-electron chi connectivity index (χ4n) is 2.06. The van der Waals surface area contributed by atoms with Crippen LogP contribution in [0.25, 0.3) is 11.4 Å². The summed E-state index contributed by atoms with van der Waals surface area (Å²) >= 11 is 0. The number of ether oxygens (including phenoxy) is 2. The van der Waals surface area contributed by atoms with Gasteiger partial charge in [-0.05, 0) is 12.8 Å². The van der Waals surface area contributed by atoms with Crippen LogP contribution in [-0.2, 0) is 0 Å². The van der Waals surface area contributed by atoms with Gasteiger partial charge in [0.2, 0.25) is 23.4 Å². The highest BCUT2D eigenvalue weighted by Gasteiger charge is 2.22. The van der Waals surface area contributed by atoms with Crippen molar-refractivity contribution >= 4 is 5.97 Å². The third kappa shape index (κ3) is 4.85. The molecule has 0 saturated heterocycles. The number of carbonyl (C=O) groups is 1. The topological polar surface area (TPSA) is 109 Å². The molecule has 0 atom stereocenters. The average Bonchev–Trinajstić information content (AvgIpc) is 3.07. The molecule has 1 N–H and O–H groups in total. The first-order valence-corrected chi connectivity index (χ1v) is 8.30. The number of carboxylic acid groups (broad SMARTS) is 1. The van der Waals surface area contributed by atoms with Crippen molar-refractivity contribution < 1.29 is 28.6 Å². The Morgan fingerprint density at radius 2 is 1.84 bits per heavy atom. The van der Waals surface area contributed by atoms with Gasteiger partial charge in [0.05, 0.1) is 19.3 Å². The standard InChI is InChI=1S/C17H22N2O6/c1-3-5-7-23-14-10-13(12-9-15(17(20)21)25-18-12)19(22)11-16(14)24-8-6-4-2/h9-11H,3-8H2,1-2H3,(H,20,21). The van der Waals surface area contributed by atoms with Crippen LogP contribution < -0.4 is 14.2 Å². The molecule has 0 bridgehead atoms. The Hall–Kier alpha value is -2.77. The van der Waals surface area contributed by atoms with E-state index in [1.54, 1.807) is 0 Å². The minimum Gasteiger partial charge on any atom is -0.618 e. The van der Waals surface area contributed by atoms with Crippen LogP contribution >= 0.6 is 0 Å². The van der Waals surface area contributed by atoms with Gasteiger partial charge in [0.15, 0.2) is 11.4 Å². The fourth-order valence-corrected chi connectivity index (χ4v) is 2.06. The molecule has 0 fully saturated rings. The zero-order chi connectivity index (χ0) is 18.2. The van der Waals surface area contributed by atoms with E-state index in [1.807, 2.05) is 13.8 Å². The van der Waals surface area contributed by atoms with Crippen molar-refractivity contribution in [3.8, 4) is 22.9 Å². The van der Waals surface area contributed by atoms with Crippen LogP contribution in [0.5, 0.6) is 11.5 Å². The summed E-state index contributed by atoms with van der Waals surface area (Å²) in [7, 11) is 0. The summed E-state index contributed by atoms with van der Waals surface area (Å²) in [6, 6.07) is 2.69. The lowest BCUT2D eigenvalue weighted by Crippen LogP contribution is -2.29. The van der Waals surface area contributed by atoms with E-state index < -0.39 is 5.97 Å². The Bertz CT molecular complexity index is 713. The molecule has 136 valence electrons. The second-order valence-electron chi connectivity index (χ2n) is 5.50. The Labute approximate surface area is 145 Å². The van der Waals surface area contributed by atoms with E-state index in [-0.39, 0.29) is 17.1 Å². The molecule has 0 radical (unpaired) electrons. The number of aromatic nitrogens is 2. The Kier molecular flexibility index (Phi) is 6.62. The number of aromatic carboxylic acids is 1. The lowest BCUT2D eigenvalue weighted by Gasteiger charge is -2.13. The van der Waals surface area contributed by atoms with E-state index in [1.165, 1.54) is 18.3 Å². The maximum absolute atomic E-state index is 12.3. The second-order valence-corrected chi connectivity index (χ2v) is 5.50. The summed E-state index contributed by atoms with van der Waals surface area (Å²) in [6.07, 6.45) is 4.93. The lowest BCUT2D eigenvalue weighted by atomic mass is 10.2. The molecule has 0 spiro atoms. The van der Waals surface area contributed by atoms with Gasteiger partial charge in [0.1, 0.15) is 0 Å². The predicted molar refractivity (Wildman–Crippen MR) is 88.7 cm³/mol. The molecule has 2 aromatic rings. The van der Waals surface area contributed by atoms with E-state index in [4.69, 9.17) is 19.1 Å². The van der Waals surface area contributed by atoms with Crippen LogP contribution in [-0.4, -0.2) is 29.4 Å². The van der Waals surface area contributed by atoms with E-state index in [0.717, 1.165) is 25.7 Å². The second kappa shape index (κ2) is 8.91. The van der Waals surface area contributed by atoms with Crippen LogP contribution in [0.2, 0.25) is 0 Å². The first kappa shape index (κ1) is 18.6. The van der Waals surface area contributed by atoms with Crippen molar-refractivity contribution in [1.29, 1.82) is 0 Å². The van der Waals surface area contributed by atoms with Gasteiger partial charge in [-0.2, -0.15) is 4.73 Å². The van der Waals surface area contributed by atoms with Crippen molar-refractivity contribution in [2.75, 3.05) is 13.2 Å².